The smallest absolute Gasteiger partial charge is 0.225 e. The molecule has 0 aromatic heterocycles. The van der Waals surface area contributed by atoms with E-state index in [1.165, 1.54) is 0 Å². The van der Waals surface area contributed by atoms with Gasteiger partial charge >= 0.3 is 0 Å². The number of carbonyl (C=O) groups excluding carboxylic acids is 1. The highest BCUT2D eigenvalue weighted by molar-refractivity contribution is 7.85. The van der Waals surface area contributed by atoms with E-state index < -0.39 is 10.8 Å². The molecule has 1 aromatic rings. The lowest BCUT2D eigenvalue weighted by Crippen LogP contribution is -2.39. The monoisotopic (exact) mass is 315 g/mol. The fourth-order valence-electron chi connectivity index (χ4n) is 2.00. The van der Waals surface area contributed by atoms with Crippen LogP contribution in [0.5, 0.6) is 0 Å². The topological polar surface area (TPSA) is 75.4 Å². The molecule has 3 N–H and O–H groups in total. The van der Waals surface area contributed by atoms with Gasteiger partial charge in [-0.25, -0.2) is 0 Å². The molecule has 0 spiro atoms. The number of rotatable bonds is 4. The Morgan fingerprint density at radius 2 is 2.10 bits per heavy atom. The third kappa shape index (κ3) is 4.47. The molecule has 1 amide bonds. The predicted octanol–water partition coefficient (Wildman–Crippen LogP) is 1.32. The zero-order chi connectivity index (χ0) is 14.5. The van der Waals surface area contributed by atoms with E-state index in [0.29, 0.717) is 40.9 Å². The number of nitrogens with two attached hydrogens (primary N) is 1. The highest BCUT2D eigenvalue weighted by Crippen LogP contribution is 2.22. The van der Waals surface area contributed by atoms with Crippen LogP contribution in [-0.2, 0) is 15.6 Å². The van der Waals surface area contributed by atoms with Gasteiger partial charge in [0.2, 0.25) is 5.91 Å². The van der Waals surface area contributed by atoms with Crippen LogP contribution in [0.1, 0.15) is 6.42 Å². The number of nitrogens with zero attached hydrogens (tertiary/aromatic N) is 1. The lowest BCUT2D eigenvalue weighted by atomic mass is 10.2. The summed E-state index contributed by atoms with van der Waals surface area (Å²) in [5.74, 6) is 1.35. The van der Waals surface area contributed by atoms with E-state index in [4.69, 9.17) is 17.3 Å². The highest BCUT2D eigenvalue weighted by Gasteiger charge is 2.15. The Balaban J connectivity index is 1.77. The Labute approximate surface area is 125 Å². The van der Waals surface area contributed by atoms with Crippen molar-refractivity contribution >= 4 is 39.7 Å². The maximum Gasteiger partial charge on any atom is 0.225 e. The number of hydrogen-bond donors (Lipinski definition) is 2. The van der Waals surface area contributed by atoms with Gasteiger partial charge in [-0.3, -0.25) is 9.00 Å². The summed E-state index contributed by atoms with van der Waals surface area (Å²) in [6.07, 6.45) is 0.412. The van der Waals surface area contributed by atoms with Crippen molar-refractivity contribution in [3.8, 4) is 0 Å². The molecule has 1 aliphatic rings. The predicted molar refractivity (Wildman–Crippen MR) is 83.4 cm³/mol. The van der Waals surface area contributed by atoms with Crippen molar-refractivity contribution in [2.24, 2.45) is 0 Å². The van der Waals surface area contributed by atoms with Crippen molar-refractivity contribution in [1.82, 2.24) is 4.90 Å². The lowest BCUT2D eigenvalue weighted by molar-refractivity contribution is -0.116. The Bertz CT molecular complexity index is 514. The number of nitrogens with one attached hydrogen (secondary N) is 1. The van der Waals surface area contributed by atoms with E-state index >= 15 is 0 Å². The van der Waals surface area contributed by atoms with Gasteiger partial charge in [-0.2, -0.15) is 0 Å². The van der Waals surface area contributed by atoms with Gasteiger partial charge in [0.1, 0.15) is 0 Å². The third-order valence-corrected chi connectivity index (χ3v) is 4.83. The zero-order valence-electron chi connectivity index (χ0n) is 11.1. The summed E-state index contributed by atoms with van der Waals surface area (Å²) >= 11 is 5.82. The molecule has 7 heteroatoms. The highest BCUT2D eigenvalue weighted by atomic mass is 35.5. The molecule has 0 radical (unpaired) electrons. The fourth-order valence-corrected chi connectivity index (χ4v) is 3.25. The minimum atomic E-state index is -0.680. The van der Waals surface area contributed by atoms with Crippen LogP contribution in [0.2, 0.25) is 5.02 Å². The molecule has 1 aliphatic heterocycles. The number of carbonyl (C=O) groups is 1. The maximum atomic E-state index is 11.8. The molecule has 0 saturated carbocycles. The molecular formula is C13H18ClN3O2S. The fraction of sp³-hybridized carbons (Fsp3) is 0.462. The Morgan fingerprint density at radius 1 is 1.40 bits per heavy atom. The third-order valence-electron chi connectivity index (χ3n) is 3.21. The summed E-state index contributed by atoms with van der Waals surface area (Å²) in [7, 11) is -0.680. The standard InChI is InChI=1S/C13H18ClN3O2S/c14-11-2-1-10(9-12(11)15)16-13(18)3-4-17-5-7-20(19)8-6-17/h1-2,9H,3-8,15H2,(H,16,18). The van der Waals surface area contributed by atoms with Crippen LogP contribution in [-0.4, -0.2) is 46.2 Å². The molecule has 20 heavy (non-hydrogen) atoms. The number of amides is 1. The van der Waals surface area contributed by atoms with Crippen molar-refractivity contribution in [2.75, 3.05) is 42.2 Å². The first kappa shape index (κ1) is 15.3. The average molecular weight is 316 g/mol. The van der Waals surface area contributed by atoms with Crippen LogP contribution in [0, 0.1) is 0 Å². The van der Waals surface area contributed by atoms with Gasteiger partial charge in [0.15, 0.2) is 0 Å². The second kappa shape index (κ2) is 7.06. The minimum Gasteiger partial charge on any atom is -0.397 e. The summed E-state index contributed by atoms with van der Waals surface area (Å²) < 4.78 is 11.2. The summed E-state index contributed by atoms with van der Waals surface area (Å²) in [6.45, 7) is 2.29. The Kier molecular flexibility index (Phi) is 5.39. The van der Waals surface area contributed by atoms with Crippen LogP contribution in [0.25, 0.3) is 0 Å². The lowest BCUT2D eigenvalue weighted by Gasteiger charge is -2.25. The summed E-state index contributed by atoms with van der Waals surface area (Å²) in [6, 6.07) is 5.03. The van der Waals surface area contributed by atoms with E-state index in [9.17, 15) is 9.00 Å². The van der Waals surface area contributed by atoms with Crippen molar-refractivity contribution in [2.45, 2.75) is 6.42 Å². The maximum absolute atomic E-state index is 11.8. The first-order chi connectivity index (χ1) is 9.54. The SMILES string of the molecule is Nc1cc(NC(=O)CCN2CCS(=O)CC2)ccc1Cl. The van der Waals surface area contributed by atoms with Crippen LogP contribution in [0.3, 0.4) is 0 Å². The molecule has 1 heterocycles. The van der Waals surface area contributed by atoms with Gasteiger partial charge in [-0.15, -0.1) is 0 Å². The number of hydrogen-bond acceptors (Lipinski definition) is 4. The number of halogens is 1. The van der Waals surface area contributed by atoms with Crippen LogP contribution in [0.15, 0.2) is 18.2 Å². The summed E-state index contributed by atoms with van der Waals surface area (Å²) in [5.41, 5.74) is 6.78. The van der Waals surface area contributed by atoms with Crippen LogP contribution in [0.4, 0.5) is 11.4 Å². The van der Waals surface area contributed by atoms with Gasteiger partial charge in [0.25, 0.3) is 0 Å². The number of anilines is 2. The minimum absolute atomic E-state index is 0.0570. The molecule has 1 fully saturated rings. The quantitative estimate of drug-likeness (QED) is 0.822. The molecule has 0 unspecified atom stereocenters. The van der Waals surface area contributed by atoms with Crippen LogP contribution >= 0.6 is 11.6 Å². The molecule has 5 nitrogen and oxygen atoms in total. The molecule has 0 atom stereocenters. The van der Waals surface area contributed by atoms with E-state index in [1.807, 2.05) is 0 Å². The van der Waals surface area contributed by atoms with Crippen molar-refractivity contribution in [3.63, 3.8) is 0 Å². The second-order valence-corrected chi connectivity index (χ2v) is 6.83. The van der Waals surface area contributed by atoms with Crippen molar-refractivity contribution in [1.29, 1.82) is 0 Å². The van der Waals surface area contributed by atoms with Crippen LogP contribution < -0.4 is 11.1 Å². The Hall–Kier alpha value is -1.11. The Morgan fingerprint density at radius 3 is 2.75 bits per heavy atom. The summed E-state index contributed by atoms with van der Waals surface area (Å²) in [5, 5.41) is 3.27. The molecule has 1 saturated heterocycles. The molecule has 1 aromatic carbocycles. The van der Waals surface area contributed by atoms with E-state index in [0.717, 1.165) is 13.1 Å². The normalized spacial score (nSPS) is 17.1. The second-order valence-electron chi connectivity index (χ2n) is 4.72. The summed E-state index contributed by atoms with van der Waals surface area (Å²) in [4.78, 5) is 14.0. The first-order valence-electron chi connectivity index (χ1n) is 6.47. The molecule has 2 rings (SSSR count). The van der Waals surface area contributed by atoms with E-state index in [2.05, 4.69) is 10.2 Å². The molecule has 0 bridgehead atoms. The van der Waals surface area contributed by atoms with E-state index in [-0.39, 0.29) is 5.91 Å². The zero-order valence-corrected chi connectivity index (χ0v) is 12.7. The van der Waals surface area contributed by atoms with Crippen molar-refractivity contribution < 1.29 is 9.00 Å². The van der Waals surface area contributed by atoms with Gasteiger partial charge in [-0.1, -0.05) is 11.6 Å². The van der Waals surface area contributed by atoms with Gasteiger partial charge in [0, 0.05) is 54.0 Å². The van der Waals surface area contributed by atoms with Gasteiger partial charge in [0.05, 0.1) is 10.7 Å². The van der Waals surface area contributed by atoms with Crippen molar-refractivity contribution in [3.05, 3.63) is 23.2 Å². The first-order valence-corrected chi connectivity index (χ1v) is 8.33. The molecule has 110 valence electrons. The van der Waals surface area contributed by atoms with E-state index in [1.54, 1.807) is 18.2 Å². The molecule has 0 aliphatic carbocycles. The average Bonchev–Trinajstić information content (AvgIpc) is 2.42. The molecular weight excluding hydrogens is 298 g/mol. The largest absolute Gasteiger partial charge is 0.397 e. The number of nitrogen functional groups attached to an aromatic ring is 1. The van der Waals surface area contributed by atoms with Gasteiger partial charge < -0.3 is 16.0 Å². The number of benzene rings is 1. The van der Waals surface area contributed by atoms with Gasteiger partial charge in [-0.05, 0) is 18.2 Å².